The predicted octanol–water partition coefficient (Wildman–Crippen LogP) is 4.92. The number of rotatable bonds is 5. The Morgan fingerprint density at radius 2 is 1.70 bits per heavy atom. The zero-order valence-corrected chi connectivity index (χ0v) is 16.7. The molecule has 1 N–H and O–H groups in total. The molecule has 0 spiro atoms. The van der Waals surface area contributed by atoms with E-state index in [4.69, 9.17) is 0 Å². The van der Waals surface area contributed by atoms with Crippen LogP contribution < -0.4 is 5.43 Å². The highest BCUT2D eigenvalue weighted by molar-refractivity contribution is 6.09. The van der Waals surface area contributed by atoms with Gasteiger partial charge in [-0.2, -0.15) is 5.10 Å². The molecular formula is C25H22N4O. The fraction of sp³-hybridized carbons (Fsp3) is 0.120. The molecule has 0 radical (unpaired) electrons. The minimum absolute atomic E-state index is 0.156. The third-order valence-corrected chi connectivity index (χ3v) is 5.51. The van der Waals surface area contributed by atoms with E-state index in [1.165, 1.54) is 21.8 Å². The second-order valence-electron chi connectivity index (χ2n) is 7.33. The van der Waals surface area contributed by atoms with Gasteiger partial charge in [-0.3, -0.25) is 4.79 Å². The number of carbonyl (C=O) groups excluding carboxylic acids is 1. The van der Waals surface area contributed by atoms with Gasteiger partial charge >= 0.3 is 0 Å². The van der Waals surface area contributed by atoms with Crippen LogP contribution >= 0.6 is 0 Å². The average molecular weight is 394 g/mol. The van der Waals surface area contributed by atoms with Gasteiger partial charge in [0.1, 0.15) is 6.54 Å². The van der Waals surface area contributed by atoms with E-state index >= 15 is 0 Å². The molecule has 0 saturated carbocycles. The zero-order valence-electron chi connectivity index (χ0n) is 16.7. The van der Waals surface area contributed by atoms with Gasteiger partial charge in [-0.1, -0.05) is 42.5 Å². The van der Waals surface area contributed by atoms with Gasteiger partial charge < -0.3 is 9.13 Å². The molecule has 0 aliphatic rings. The van der Waals surface area contributed by atoms with Gasteiger partial charge in [0.15, 0.2) is 0 Å². The third-order valence-electron chi connectivity index (χ3n) is 5.51. The number of hydrogen-bond acceptors (Lipinski definition) is 2. The van der Waals surface area contributed by atoms with E-state index in [1.807, 2.05) is 47.2 Å². The number of nitrogens with one attached hydrogen (secondary N) is 1. The van der Waals surface area contributed by atoms with Gasteiger partial charge in [-0.25, -0.2) is 5.43 Å². The summed E-state index contributed by atoms with van der Waals surface area (Å²) in [7, 11) is 0. The lowest BCUT2D eigenvalue weighted by molar-refractivity contribution is -0.121. The number of para-hydroxylation sites is 2. The number of aryl methyl sites for hydroxylation is 1. The minimum atomic E-state index is -0.156. The smallest absolute Gasteiger partial charge is 0.259 e. The molecule has 148 valence electrons. The van der Waals surface area contributed by atoms with Crippen molar-refractivity contribution in [2.75, 3.05) is 0 Å². The highest BCUT2D eigenvalue weighted by Crippen LogP contribution is 2.29. The summed E-state index contributed by atoms with van der Waals surface area (Å²) in [5.41, 5.74) is 7.07. The van der Waals surface area contributed by atoms with Crippen LogP contribution in [0, 0.1) is 0 Å². The Labute approximate surface area is 174 Å². The second kappa shape index (κ2) is 7.52. The summed E-state index contributed by atoms with van der Waals surface area (Å²) in [6.45, 7) is 3.31. The van der Waals surface area contributed by atoms with Crippen LogP contribution in [0.3, 0.4) is 0 Å². The van der Waals surface area contributed by atoms with Gasteiger partial charge in [0, 0.05) is 40.1 Å². The molecule has 2 heterocycles. The largest absolute Gasteiger partial charge is 0.341 e. The van der Waals surface area contributed by atoms with Crippen molar-refractivity contribution < 1.29 is 4.79 Å². The number of benzene rings is 3. The van der Waals surface area contributed by atoms with Gasteiger partial charge in [0.2, 0.25) is 0 Å². The van der Waals surface area contributed by atoms with E-state index in [0.717, 1.165) is 23.0 Å². The van der Waals surface area contributed by atoms with Crippen LogP contribution in [0.15, 0.2) is 84.1 Å². The van der Waals surface area contributed by atoms with E-state index in [2.05, 4.69) is 58.4 Å². The lowest BCUT2D eigenvalue weighted by Gasteiger charge is -2.04. The van der Waals surface area contributed by atoms with Crippen LogP contribution in [0.2, 0.25) is 0 Å². The van der Waals surface area contributed by atoms with E-state index < -0.39 is 0 Å². The molecule has 2 aromatic heterocycles. The monoisotopic (exact) mass is 394 g/mol. The maximum atomic E-state index is 12.3. The summed E-state index contributed by atoms with van der Waals surface area (Å²) in [6, 6.07) is 24.7. The van der Waals surface area contributed by atoms with Crippen molar-refractivity contribution in [2.24, 2.45) is 5.10 Å². The van der Waals surface area contributed by atoms with Crippen molar-refractivity contribution in [1.82, 2.24) is 14.6 Å². The predicted molar refractivity (Wildman–Crippen MR) is 123 cm³/mol. The number of carbonyl (C=O) groups is 1. The molecule has 0 unspecified atom stereocenters. The fourth-order valence-electron chi connectivity index (χ4n) is 4.14. The van der Waals surface area contributed by atoms with E-state index in [-0.39, 0.29) is 12.5 Å². The molecule has 0 aliphatic carbocycles. The first-order chi connectivity index (χ1) is 14.7. The van der Waals surface area contributed by atoms with Crippen molar-refractivity contribution in [3.63, 3.8) is 0 Å². The van der Waals surface area contributed by atoms with Gasteiger partial charge in [-0.05, 0) is 48.2 Å². The first-order valence-corrected chi connectivity index (χ1v) is 10.1. The van der Waals surface area contributed by atoms with Crippen molar-refractivity contribution in [3.8, 4) is 0 Å². The van der Waals surface area contributed by atoms with Gasteiger partial charge in [-0.15, -0.1) is 0 Å². The van der Waals surface area contributed by atoms with Crippen molar-refractivity contribution in [2.45, 2.75) is 20.0 Å². The molecule has 0 atom stereocenters. The second-order valence-corrected chi connectivity index (χ2v) is 7.33. The zero-order chi connectivity index (χ0) is 20.5. The Kier molecular flexibility index (Phi) is 4.56. The number of amides is 1. The lowest BCUT2D eigenvalue weighted by atomic mass is 10.1. The molecule has 0 saturated heterocycles. The molecule has 0 bridgehead atoms. The molecule has 5 nitrogen and oxygen atoms in total. The van der Waals surface area contributed by atoms with Gasteiger partial charge in [0.25, 0.3) is 5.91 Å². The number of hydrazone groups is 1. The Bertz CT molecular complexity index is 1410. The molecule has 1 amide bonds. The molecule has 5 rings (SSSR count). The molecule has 0 fully saturated rings. The van der Waals surface area contributed by atoms with Crippen LogP contribution in [-0.2, 0) is 17.9 Å². The normalized spacial score (nSPS) is 11.8. The molecule has 0 aliphatic heterocycles. The molecule has 5 heteroatoms. The Morgan fingerprint density at radius 3 is 2.57 bits per heavy atom. The number of aromatic nitrogens is 2. The minimum Gasteiger partial charge on any atom is -0.341 e. The summed E-state index contributed by atoms with van der Waals surface area (Å²) < 4.78 is 4.24. The highest BCUT2D eigenvalue weighted by atomic mass is 16.2. The number of hydrogen-bond donors (Lipinski definition) is 1. The molecular weight excluding hydrogens is 372 g/mol. The van der Waals surface area contributed by atoms with E-state index in [1.54, 1.807) is 6.21 Å². The topological polar surface area (TPSA) is 51.3 Å². The fourth-order valence-corrected chi connectivity index (χ4v) is 4.14. The summed E-state index contributed by atoms with van der Waals surface area (Å²) in [4.78, 5) is 12.3. The Balaban J connectivity index is 1.35. The summed E-state index contributed by atoms with van der Waals surface area (Å²) in [5.74, 6) is -0.156. The SMILES string of the molecule is CCn1c2ccccc2c2cc(/C=N/NC(=O)Cn3ccc4ccccc43)ccc21. The van der Waals surface area contributed by atoms with Gasteiger partial charge in [0.05, 0.1) is 6.21 Å². The van der Waals surface area contributed by atoms with Crippen LogP contribution in [0.5, 0.6) is 0 Å². The number of fused-ring (bicyclic) bond motifs is 4. The maximum absolute atomic E-state index is 12.3. The maximum Gasteiger partial charge on any atom is 0.259 e. The van der Waals surface area contributed by atoms with Crippen molar-refractivity contribution in [3.05, 3.63) is 84.6 Å². The van der Waals surface area contributed by atoms with Crippen molar-refractivity contribution >= 4 is 44.8 Å². The quantitative estimate of drug-likeness (QED) is 0.334. The van der Waals surface area contributed by atoms with E-state index in [0.29, 0.717) is 0 Å². The lowest BCUT2D eigenvalue weighted by Crippen LogP contribution is -2.22. The van der Waals surface area contributed by atoms with Crippen molar-refractivity contribution in [1.29, 1.82) is 0 Å². The van der Waals surface area contributed by atoms with Crippen LogP contribution in [-0.4, -0.2) is 21.3 Å². The molecule has 3 aromatic carbocycles. The van der Waals surface area contributed by atoms with E-state index in [9.17, 15) is 4.79 Å². The third kappa shape index (κ3) is 3.14. The Morgan fingerprint density at radius 1 is 0.933 bits per heavy atom. The molecule has 5 aromatic rings. The van der Waals surface area contributed by atoms with Crippen LogP contribution in [0.25, 0.3) is 32.7 Å². The molecule has 30 heavy (non-hydrogen) atoms. The summed E-state index contributed by atoms with van der Waals surface area (Å²) in [5, 5.41) is 7.72. The summed E-state index contributed by atoms with van der Waals surface area (Å²) in [6.07, 6.45) is 3.62. The first-order valence-electron chi connectivity index (χ1n) is 10.1. The highest BCUT2D eigenvalue weighted by Gasteiger charge is 2.09. The first kappa shape index (κ1) is 18.2. The van der Waals surface area contributed by atoms with Crippen LogP contribution in [0.1, 0.15) is 12.5 Å². The standard InChI is InChI=1S/C25H22N4O/c1-2-29-23-10-6-4-8-20(23)21-15-18(11-12-24(21)29)16-26-27-25(30)17-28-14-13-19-7-3-5-9-22(19)28/h3-16H,2,17H2,1H3,(H,27,30)/b26-16+. The van der Waals surface area contributed by atoms with Crippen LogP contribution in [0.4, 0.5) is 0 Å². The summed E-state index contributed by atoms with van der Waals surface area (Å²) >= 11 is 0. The Hall–Kier alpha value is -3.86. The average Bonchev–Trinajstić information content (AvgIpc) is 3.32. The number of nitrogens with zero attached hydrogens (tertiary/aromatic N) is 3.